The van der Waals surface area contributed by atoms with E-state index in [4.69, 9.17) is 4.42 Å². The normalized spacial score (nSPS) is 12.2. The number of aromatic nitrogens is 2. The van der Waals surface area contributed by atoms with Crippen LogP contribution in [0.25, 0.3) is 144 Å². The molecule has 0 fully saturated rings. The predicted octanol–water partition coefficient (Wildman–Crippen LogP) is 29.0. The molecule has 0 bridgehead atoms. The van der Waals surface area contributed by atoms with E-state index in [1.54, 1.807) is 0 Å². The Bertz CT molecular complexity index is 6720. The number of anilines is 6. The third-order valence-electron chi connectivity index (χ3n) is 22.4. The van der Waals surface area contributed by atoms with E-state index in [-0.39, 0.29) is 5.41 Å². The van der Waals surface area contributed by atoms with E-state index in [1.807, 2.05) is 12.1 Å². The summed E-state index contributed by atoms with van der Waals surface area (Å²) in [6.45, 7) is 4.70. The van der Waals surface area contributed by atoms with Gasteiger partial charge in [0.05, 0.1) is 22.1 Å². The van der Waals surface area contributed by atoms with Gasteiger partial charge in [-0.2, -0.15) is 0 Å². The van der Waals surface area contributed by atoms with Crippen molar-refractivity contribution in [3.8, 4) is 78.1 Å². The van der Waals surface area contributed by atoms with E-state index < -0.39 is 0 Å². The minimum absolute atomic E-state index is 0.0864. The van der Waals surface area contributed by atoms with E-state index in [0.717, 1.165) is 67.3 Å². The first-order valence-electron chi connectivity index (χ1n) is 37.9. The van der Waals surface area contributed by atoms with E-state index in [9.17, 15) is 0 Å². The molecule has 0 saturated heterocycles. The Hall–Kier alpha value is -14.3. The fourth-order valence-electron chi connectivity index (χ4n) is 16.9. The number of para-hydroxylation sites is 4. The second kappa shape index (κ2) is 27.3. The second-order valence-electron chi connectivity index (χ2n) is 29.2. The van der Waals surface area contributed by atoms with Crippen molar-refractivity contribution in [2.24, 2.45) is 0 Å². The zero-order valence-corrected chi connectivity index (χ0v) is 61.0. The quantitative estimate of drug-likeness (QED) is 0.115. The predicted molar refractivity (Wildman–Crippen MR) is 463 cm³/mol. The van der Waals surface area contributed by atoms with Crippen LogP contribution in [0.1, 0.15) is 25.0 Å². The summed E-state index contributed by atoms with van der Waals surface area (Å²) in [5.74, 6) is 0. The molecule has 110 heavy (non-hydrogen) atoms. The van der Waals surface area contributed by atoms with E-state index in [0.29, 0.717) is 0 Å². The summed E-state index contributed by atoms with van der Waals surface area (Å²) in [5, 5.41) is 7.23. The minimum atomic E-state index is -0.0864. The van der Waals surface area contributed by atoms with Gasteiger partial charge in [-0.1, -0.05) is 281 Å². The van der Waals surface area contributed by atoms with Crippen molar-refractivity contribution in [1.29, 1.82) is 0 Å². The highest BCUT2D eigenvalue weighted by Gasteiger charge is 2.36. The zero-order chi connectivity index (χ0) is 73.2. The fraction of sp³-hybridized carbons (Fsp3) is 0.0286. The van der Waals surface area contributed by atoms with Gasteiger partial charge in [0, 0.05) is 89.3 Å². The second-order valence-corrected chi connectivity index (χ2v) is 29.2. The molecule has 0 aliphatic heterocycles. The fourth-order valence-corrected chi connectivity index (χ4v) is 16.9. The first-order valence-corrected chi connectivity index (χ1v) is 37.9. The van der Waals surface area contributed by atoms with Crippen molar-refractivity contribution in [1.82, 2.24) is 9.13 Å². The molecule has 0 unspecified atom stereocenters. The molecule has 0 N–H and O–H groups in total. The molecular formula is C105H74N4O. The molecule has 17 aromatic carbocycles. The van der Waals surface area contributed by atoms with Crippen LogP contribution < -0.4 is 9.80 Å². The van der Waals surface area contributed by atoms with Crippen LogP contribution in [0.2, 0.25) is 0 Å². The van der Waals surface area contributed by atoms with Crippen LogP contribution >= 0.6 is 0 Å². The Morgan fingerprint density at radius 2 is 0.545 bits per heavy atom. The lowest BCUT2D eigenvalue weighted by molar-refractivity contribution is 0.660. The van der Waals surface area contributed by atoms with Crippen LogP contribution in [0.15, 0.2) is 417 Å². The zero-order valence-electron chi connectivity index (χ0n) is 61.0. The van der Waals surface area contributed by atoms with Crippen LogP contribution in [-0.2, 0) is 5.41 Å². The number of nitrogens with zero attached hydrogens (tertiary/aromatic N) is 4. The van der Waals surface area contributed by atoms with Crippen LogP contribution in [-0.4, -0.2) is 9.13 Å². The SMILES string of the molecule is CC1(C)c2ccccc2-c2ccc(N(c3ccc(-c4ccccc4)cc3)c3ccc(-c4ccc5c(c4)c4ccccc4n5-c4ccccc4)cc3)cc21.c1ccc(-c2ccc(N(c3ccc(-c4ccccc4)cc3)c3ccc(-c4ccc5c(c4)c4ccccc4n5-c4ccc5c(c4)oc4ccccc45)cc3)cc2)cc1. The van der Waals surface area contributed by atoms with Crippen molar-refractivity contribution in [2.45, 2.75) is 19.3 Å². The highest BCUT2D eigenvalue weighted by molar-refractivity contribution is 6.13. The molecule has 5 heteroatoms. The summed E-state index contributed by atoms with van der Waals surface area (Å²) < 4.78 is 11.0. The van der Waals surface area contributed by atoms with Crippen LogP contribution in [0.5, 0.6) is 0 Å². The van der Waals surface area contributed by atoms with Crippen molar-refractivity contribution < 1.29 is 4.42 Å². The third kappa shape index (κ3) is 11.6. The van der Waals surface area contributed by atoms with Gasteiger partial charge >= 0.3 is 0 Å². The van der Waals surface area contributed by atoms with Gasteiger partial charge in [-0.3, -0.25) is 0 Å². The van der Waals surface area contributed by atoms with Crippen LogP contribution in [0.3, 0.4) is 0 Å². The lowest BCUT2D eigenvalue weighted by Gasteiger charge is -2.28. The smallest absolute Gasteiger partial charge is 0.137 e. The molecule has 520 valence electrons. The van der Waals surface area contributed by atoms with Gasteiger partial charge < -0.3 is 23.4 Å². The Kier molecular flexibility index (Phi) is 16.2. The maximum atomic E-state index is 6.31. The van der Waals surface area contributed by atoms with Gasteiger partial charge in [0.25, 0.3) is 0 Å². The van der Waals surface area contributed by atoms with Gasteiger partial charge in [-0.25, -0.2) is 0 Å². The molecular weight excluding hydrogens is 1330 g/mol. The number of hydrogen-bond donors (Lipinski definition) is 0. The van der Waals surface area contributed by atoms with E-state index in [1.165, 1.54) is 122 Å². The topological polar surface area (TPSA) is 29.5 Å². The maximum Gasteiger partial charge on any atom is 0.137 e. The minimum Gasteiger partial charge on any atom is -0.456 e. The molecule has 0 amide bonds. The molecule has 0 atom stereocenters. The maximum absolute atomic E-state index is 6.31. The van der Waals surface area contributed by atoms with Gasteiger partial charge in [0.15, 0.2) is 0 Å². The summed E-state index contributed by atoms with van der Waals surface area (Å²) in [5.41, 5.74) is 32.8. The summed E-state index contributed by atoms with van der Waals surface area (Å²) >= 11 is 0. The summed E-state index contributed by atoms with van der Waals surface area (Å²) in [4.78, 5) is 4.73. The Labute approximate surface area is 640 Å². The first kappa shape index (κ1) is 65.3. The van der Waals surface area contributed by atoms with Gasteiger partial charge in [-0.05, 0) is 217 Å². The van der Waals surface area contributed by atoms with Crippen molar-refractivity contribution >= 4 is 99.7 Å². The molecule has 21 rings (SSSR count). The van der Waals surface area contributed by atoms with Gasteiger partial charge in [0.1, 0.15) is 11.2 Å². The molecule has 0 saturated carbocycles. The van der Waals surface area contributed by atoms with Gasteiger partial charge in [0.2, 0.25) is 0 Å². The molecule has 1 aliphatic carbocycles. The number of benzene rings is 17. The van der Waals surface area contributed by atoms with Crippen LogP contribution in [0.4, 0.5) is 34.1 Å². The van der Waals surface area contributed by atoms with Crippen LogP contribution in [0, 0.1) is 0 Å². The molecule has 1 aliphatic rings. The first-order chi connectivity index (χ1) is 54.3. The van der Waals surface area contributed by atoms with Crippen molar-refractivity contribution in [3.63, 3.8) is 0 Å². The largest absolute Gasteiger partial charge is 0.456 e. The van der Waals surface area contributed by atoms with Crippen molar-refractivity contribution in [3.05, 3.63) is 424 Å². The summed E-state index contributed by atoms with van der Waals surface area (Å²) in [6.07, 6.45) is 0. The molecule has 5 nitrogen and oxygen atoms in total. The molecule has 0 spiro atoms. The van der Waals surface area contributed by atoms with E-state index >= 15 is 0 Å². The number of furan rings is 1. The van der Waals surface area contributed by atoms with E-state index in [2.05, 4.69) is 433 Å². The molecule has 20 aromatic rings. The standard InChI is InChI=1S/C54H36N2O.C51H38N2/c1-3-11-37(12-4-1)39-19-26-43(27-20-39)55(44-28-21-40(22-29-44)38-13-5-2-6-14-38)45-30-23-41(24-31-45)42-25-34-52-50(35-42)47-15-7-9-17-51(47)56(52)46-32-33-49-48-16-8-10-18-53(48)57-54(49)36-46;1-51(2)47-19-11-9-17-43(47)44-31-30-42(34-48(44)51)52(40-26-21-36(22-27-40)35-13-5-3-6-14-35)41-28-23-37(24-29-41)38-25-32-50-46(33-38)45-18-10-12-20-49(45)53(50)39-15-7-4-8-16-39/h1-36H;3-34H,1-2H3. The molecule has 0 radical (unpaired) electrons. The third-order valence-corrected chi connectivity index (χ3v) is 22.4. The summed E-state index contributed by atoms with van der Waals surface area (Å²) in [7, 11) is 0. The average Bonchev–Trinajstić information content (AvgIpc) is 1.59. The van der Waals surface area contributed by atoms with Crippen molar-refractivity contribution in [2.75, 3.05) is 9.80 Å². The molecule has 3 aromatic heterocycles. The highest BCUT2D eigenvalue weighted by atomic mass is 16.3. The summed E-state index contributed by atoms with van der Waals surface area (Å²) in [6, 6.07) is 149. The molecule has 3 heterocycles. The Morgan fingerprint density at radius 1 is 0.209 bits per heavy atom. The monoisotopic (exact) mass is 1410 g/mol. The lowest BCUT2D eigenvalue weighted by Crippen LogP contribution is -2.16. The highest BCUT2D eigenvalue weighted by Crippen LogP contribution is 2.51. The Balaban J connectivity index is 0.000000144. The van der Waals surface area contributed by atoms with Gasteiger partial charge in [-0.15, -0.1) is 0 Å². The number of rotatable bonds is 13. The number of fused-ring (bicyclic) bond motifs is 12. The average molecular weight is 1410 g/mol. The number of hydrogen-bond acceptors (Lipinski definition) is 3. The Morgan fingerprint density at radius 3 is 1.03 bits per heavy atom. The lowest BCUT2D eigenvalue weighted by atomic mass is 9.82.